The first-order valence-corrected chi connectivity index (χ1v) is 19.2. The Morgan fingerprint density at radius 1 is 0.304 bits per heavy atom. The highest BCUT2D eigenvalue weighted by molar-refractivity contribution is 6.14. The third-order valence-electron chi connectivity index (χ3n) is 11.3. The molecule has 0 spiro atoms. The van der Waals surface area contributed by atoms with Gasteiger partial charge in [0.1, 0.15) is 11.2 Å². The molecule has 0 unspecified atom stereocenters. The minimum Gasteiger partial charge on any atom is -0.455 e. The number of furan rings is 1. The van der Waals surface area contributed by atoms with Crippen LogP contribution >= 0.6 is 0 Å². The minimum atomic E-state index is 0.911. The summed E-state index contributed by atoms with van der Waals surface area (Å²) in [5.74, 6) is 0. The Morgan fingerprint density at radius 3 is 1.66 bits per heavy atom. The average molecular weight is 714 g/mol. The van der Waals surface area contributed by atoms with E-state index in [1.807, 2.05) is 12.1 Å². The summed E-state index contributed by atoms with van der Waals surface area (Å²) in [7, 11) is 0. The van der Waals surface area contributed by atoms with Gasteiger partial charge >= 0.3 is 0 Å². The number of benzene rings is 10. The van der Waals surface area contributed by atoms with Gasteiger partial charge in [0.25, 0.3) is 0 Å². The Labute approximate surface area is 325 Å². The number of fused-ring (bicyclic) bond motifs is 6. The Kier molecular flexibility index (Phi) is 7.53. The van der Waals surface area contributed by atoms with Crippen LogP contribution in [0, 0.1) is 0 Å². The van der Waals surface area contributed by atoms with Crippen LogP contribution in [0.25, 0.3) is 87.6 Å². The van der Waals surface area contributed by atoms with Gasteiger partial charge in [0.15, 0.2) is 0 Å². The lowest BCUT2D eigenvalue weighted by atomic mass is 9.91. The van der Waals surface area contributed by atoms with E-state index >= 15 is 0 Å². The number of anilines is 3. The lowest BCUT2D eigenvalue weighted by Crippen LogP contribution is -2.10. The topological polar surface area (TPSA) is 16.4 Å². The van der Waals surface area contributed by atoms with Crippen LogP contribution in [0.2, 0.25) is 0 Å². The maximum atomic E-state index is 6.48. The van der Waals surface area contributed by atoms with Crippen LogP contribution in [-0.4, -0.2) is 0 Å². The Hall–Kier alpha value is -7.42. The van der Waals surface area contributed by atoms with E-state index in [0.29, 0.717) is 0 Å². The van der Waals surface area contributed by atoms with Crippen molar-refractivity contribution < 1.29 is 4.42 Å². The van der Waals surface area contributed by atoms with E-state index in [2.05, 4.69) is 205 Å². The Balaban J connectivity index is 1.02. The van der Waals surface area contributed by atoms with Crippen molar-refractivity contribution in [1.82, 2.24) is 0 Å². The zero-order valence-corrected chi connectivity index (χ0v) is 30.6. The molecular weight excluding hydrogens is 679 g/mol. The molecule has 2 heteroatoms. The second-order valence-electron chi connectivity index (χ2n) is 14.4. The molecule has 0 atom stereocenters. The predicted octanol–water partition coefficient (Wildman–Crippen LogP) is 15.5. The van der Waals surface area contributed by atoms with Crippen molar-refractivity contribution >= 4 is 71.3 Å². The molecular formula is C54H35NO. The maximum absolute atomic E-state index is 6.48. The summed E-state index contributed by atoms with van der Waals surface area (Å²) in [5.41, 5.74) is 12.3. The molecule has 0 aliphatic carbocycles. The van der Waals surface area contributed by atoms with Crippen LogP contribution < -0.4 is 4.90 Å². The number of rotatable bonds is 6. The molecule has 0 amide bonds. The molecule has 56 heavy (non-hydrogen) atoms. The summed E-state index contributed by atoms with van der Waals surface area (Å²) in [6, 6.07) is 76.4. The van der Waals surface area contributed by atoms with Crippen molar-refractivity contribution in [1.29, 1.82) is 0 Å². The van der Waals surface area contributed by atoms with E-state index in [-0.39, 0.29) is 0 Å². The molecule has 262 valence electrons. The molecule has 0 aliphatic rings. The zero-order valence-electron chi connectivity index (χ0n) is 30.6. The first-order chi connectivity index (χ1) is 27.8. The van der Waals surface area contributed by atoms with Crippen LogP contribution in [0.3, 0.4) is 0 Å². The number of hydrogen-bond acceptors (Lipinski definition) is 2. The van der Waals surface area contributed by atoms with Crippen LogP contribution in [-0.2, 0) is 0 Å². The van der Waals surface area contributed by atoms with Gasteiger partial charge in [-0.3, -0.25) is 0 Å². The SMILES string of the molecule is c1ccc(N(c2ccc(-c3ccc(-c4cccc5c4oc4ccccc45)c4ccccc34)cc2)c2ccc(-c3ccc4ccccc4c3)c3ccccc23)cc1. The second kappa shape index (κ2) is 13.2. The monoisotopic (exact) mass is 713 g/mol. The van der Waals surface area contributed by atoms with E-state index < -0.39 is 0 Å². The van der Waals surface area contributed by atoms with Crippen LogP contribution in [0.4, 0.5) is 17.1 Å². The fourth-order valence-electron chi connectivity index (χ4n) is 8.63. The summed E-state index contributed by atoms with van der Waals surface area (Å²) in [6.07, 6.45) is 0. The van der Waals surface area contributed by atoms with Crippen molar-refractivity contribution in [2.75, 3.05) is 4.90 Å². The first kappa shape index (κ1) is 32.0. The van der Waals surface area contributed by atoms with Gasteiger partial charge in [-0.25, -0.2) is 0 Å². The van der Waals surface area contributed by atoms with Gasteiger partial charge in [-0.05, 0) is 97.2 Å². The van der Waals surface area contributed by atoms with Gasteiger partial charge in [-0.15, -0.1) is 0 Å². The zero-order chi connectivity index (χ0) is 37.0. The predicted molar refractivity (Wildman–Crippen MR) is 237 cm³/mol. The fourth-order valence-corrected chi connectivity index (χ4v) is 8.63. The fraction of sp³-hybridized carbons (Fsp3) is 0. The third kappa shape index (κ3) is 5.26. The smallest absolute Gasteiger partial charge is 0.143 e. The van der Waals surface area contributed by atoms with Gasteiger partial charge in [0.2, 0.25) is 0 Å². The number of hydrogen-bond donors (Lipinski definition) is 0. The summed E-state index contributed by atoms with van der Waals surface area (Å²) in [4.78, 5) is 2.38. The molecule has 2 nitrogen and oxygen atoms in total. The molecule has 11 aromatic rings. The Bertz CT molecular complexity index is 3250. The highest BCUT2D eigenvalue weighted by Crippen LogP contribution is 2.44. The van der Waals surface area contributed by atoms with Crippen molar-refractivity contribution in [3.8, 4) is 33.4 Å². The van der Waals surface area contributed by atoms with E-state index in [9.17, 15) is 0 Å². The molecule has 10 aromatic carbocycles. The quantitative estimate of drug-likeness (QED) is 0.171. The van der Waals surface area contributed by atoms with E-state index in [0.717, 1.165) is 44.6 Å². The Morgan fingerprint density at radius 2 is 0.857 bits per heavy atom. The van der Waals surface area contributed by atoms with E-state index in [1.54, 1.807) is 0 Å². The van der Waals surface area contributed by atoms with E-state index in [4.69, 9.17) is 4.42 Å². The van der Waals surface area contributed by atoms with Gasteiger partial charge in [0, 0.05) is 33.1 Å². The van der Waals surface area contributed by atoms with E-state index in [1.165, 1.54) is 60.1 Å². The number of nitrogens with zero attached hydrogens (tertiary/aromatic N) is 1. The first-order valence-electron chi connectivity index (χ1n) is 19.2. The molecule has 0 saturated carbocycles. The molecule has 0 bridgehead atoms. The van der Waals surface area contributed by atoms with Crippen LogP contribution in [0.15, 0.2) is 217 Å². The third-order valence-corrected chi connectivity index (χ3v) is 11.3. The summed E-state index contributed by atoms with van der Waals surface area (Å²) in [5, 5.41) is 9.61. The molecule has 11 rings (SSSR count). The summed E-state index contributed by atoms with van der Waals surface area (Å²) in [6.45, 7) is 0. The van der Waals surface area contributed by atoms with Crippen molar-refractivity contribution in [2.24, 2.45) is 0 Å². The molecule has 0 saturated heterocycles. The standard InChI is InChI=1S/C54H35NO/c1-2-15-40(16-3-1)55(52-34-33-43(45-18-8-9-20-48(45)52)39-26-25-36-13-4-5-14-38(36)35-39)41-29-27-37(28-30-41)42-31-32-47(46-19-7-6-17-44(42)46)50-22-12-23-51-49-21-10-11-24-53(49)56-54(50)51/h1-35H. The van der Waals surface area contributed by atoms with Crippen LogP contribution in [0.1, 0.15) is 0 Å². The van der Waals surface area contributed by atoms with Crippen molar-refractivity contribution in [2.45, 2.75) is 0 Å². The maximum Gasteiger partial charge on any atom is 0.143 e. The lowest BCUT2D eigenvalue weighted by molar-refractivity contribution is 0.670. The molecule has 0 radical (unpaired) electrons. The van der Waals surface area contributed by atoms with Gasteiger partial charge in [-0.1, -0.05) is 170 Å². The normalized spacial score (nSPS) is 11.6. The van der Waals surface area contributed by atoms with Crippen LogP contribution in [0.5, 0.6) is 0 Å². The highest BCUT2D eigenvalue weighted by Gasteiger charge is 2.19. The summed E-state index contributed by atoms with van der Waals surface area (Å²) >= 11 is 0. The minimum absolute atomic E-state index is 0.911. The molecule has 0 N–H and O–H groups in total. The van der Waals surface area contributed by atoms with Gasteiger partial charge < -0.3 is 9.32 Å². The molecule has 0 fully saturated rings. The van der Waals surface area contributed by atoms with Crippen molar-refractivity contribution in [3.05, 3.63) is 212 Å². The molecule has 1 aromatic heterocycles. The lowest BCUT2D eigenvalue weighted by Gasteiger charge is -2.27. The van der Waals surface area contributed by atoms with Crippen molar-refractivity contribution in [3.63, 3.8) is 0 Å². The second-order valence-corrected chi connectivity index (χ2v) is 14.4. The van der Waals surface area contributed by atoms with Gasteiger partial charge in [-0.2, -0.15) is 0 Å². The highest BCUT2D eigenvalue weighted by atomic mass is 16.3. The molecule has 1 heterocycles. The average Bonchev–Trinajstić information content (AvgIpc) is 3.66. The largest absolute Gasteiger partial charge is 0.455 e. The summed E-state index contributed by atoms with van der Waals surface area (Å²) < 4.78 is 6.48. The van der Waals surface area contributed by atoms with Gasteiger partial charge in [0.05, 0.1) is 5.69 Å². The number of para-hydroxylation sites is 3. The molecule has 0 aliphatic heterocycles.